The van der Waals surface area contributed by atoms with Gasteiger partial charge in [0.15, 0.2) is 5.13 Å². The number of amides is 2. The predicted octanol–water partition coefficient (Wildman–Crippen LogP) is 2.59. The van der Waals surface area contributed by atoms with Crippen LogP contribution in [0.5, 0.6) is 0 Å². The summed E-state index contributed by atoms with van der Waals surface area (Å²) in [7, 11) is 0. The third kappa shape index (κ3) is 5.25. The van der Waals surface area contributed by atoms with Crippen LogP contribution in [0.15, 0.2) is 5.38 Å². The Kier molecular flexibility index (Phi) is 6.95. The van der Waals surface area contributed by atoms with Gasteiger partial charge in [-0.15, -0.1) is 11.3 Å². The Morgan fingerprint density at radius 2 is 2.08 bits per heavy atom. The molecule has 1 fully saturated rings. The van der Waals surface area contributed by atoms with Crippen molar-refractivity contribution in [2.75, 3.05) is 18.5 Å². The predicted molar refractivity (Wildman–Crippen MR) is 99.4 cm³/mol. The van der Waals surface area contributed by atoms with Gasteiger partial charge in [0.05, 0.1) is 12.1 Å². The third-order valence-corrected chi connectivity index (χ3v) is 6.05. The number of hydrogen-bond donors (Lipinski definition) is 3. The van der Waals surface area contributed by atoms with E-state index in [-0.39, 0.29) is 36.2 Å². The van der Waals surface area contributed by atoms with E-state index >= 15 is 0 Å². The number of rotatable bonds is 9. The number of thiazole rings is 1. The van der Waals surface area contributed by atoms with E-state index in [0.717, 1.165) is 19.3 Å². The van der Waals surface area contributed by atoms with Gasteiger partial charge in [0.2, 0.25) is 11.8 Å². The minimum Gasteiger partial charge on any atom is -0.396 e. The van der Waals surface area contributed by atoms with Crippen LogP contribution < -0.4 is 10.6 Å². The summed E-state index contributed by atoms with van der Waals surface area (Å²) < 4.78 is 0. The third-order valence-electron chi connectivity index (χ3n) is 5.24. The van der Waals surface area contributed by atoms with Crippen LogP contribution >= 0.6 is 11.3 Å². The van der Waals surface area contributed by atoms with Gasteiger partial charge in [-0.3, -0.25) is 9.59 Å². The fourth-order valence-corrected chi connectivity index (χ4v) is 3.88. The number of carbonyl (C=O) groups excluding carboxylic acids is 2. The first-order chi connectivity index (χ1) is 11.9. The van der Waals surface area contributed by atoms with Gasteiger partial charge < -0.3 is 15.7 Å². The van der Waals surface area contributed by atoms with Crippen LogP contribution in [0.1, 0.15) is 52.1 Å². The second-order valence-electron chi connectivity index (χ2n) is 7.37. The fraction of sp³-hybridized carbons (Fsp3) is 0.722. The van der Waals surface area contributed by atoms with Gasteiger partial charge in [-0.2, -0.15) is 0 Å². The molecule has 0 saturated heterocycles. The van der Waals surface area contributed by atoms with Crippen molar-refractivity contribution >= 4 is 28.3 Å². The molecule has 1 aromatic heterocycles. The number of nitrogens with one attached hydrogen (secondary N) is 2. The van der Waals surface area contributed by atoms with E-state index in [0.29, 0.717) is 23.3 Å². The molecule has 1 heterocycles. The molecule has 140 valence electrons. The fourth-order valence-electron chi connectivity index (χ4n) is 3.17. The summed E-state index contributed by atoms with van der Waals surface area (Å²) in [5.41, 5.74) is 0.810. The Labute approximate surface area is 153 Å². The van der Waals surface area contributed by atoms with Gasteiger partial charge in [-0.25, -0.2) is 4.98 Å². The zero-order valence-corrected chi connectivity index (χ0v) is 16.1. The molecule has 1 saturated carbocycles. The highest BCUT2D eigenvalue weighted by atomic mass is 32.1. The second kappa shape index (κ2) is 8.76. The molecule has 2 amide bonds. The quantitative estimate of drug-likeness (QED) is 0.626. The van der Waals surface area contributed by atoms with E-state index < -0.39 is 0 Å². The van der Waals surface area contributed by atoms with Gasteiger partial charge in [0.25, 0.3) is 0 Å². The van der Waals surface area contributed by atoms with E-state index in [4.69, 9.17) is 5.11 Å². The molecule has 1 atom stereocenters. The number of aliphatic hydroxyl groups is 1. The lowest BCUT2D eigenvalue weighted by molar-refractivity contribution is -0.122. The first-order valence-electron chi connectivity index (χ1n) is 8.99. The van der Waals surface area contributed by atoms with Crippen LogP contribution in [0, 0.1) is 17.3 Å². The standard InChI is InChI=1S/C18H29N3O3S/c1-12(2)16(24)21-17-20-14(10-25-17)9-15(23)19-11-18(6-4-7-18)13(3)5-8-22/h10,12-13,22H,4-9,11H2,1-3H3,(H,19,23)(H,20,21,24)/t13-/m1/s1. The van der Waals surface area contributed by atoms with E-state index in [1.165, 1.54) is 17.8 Å². The van der Waals surface area contributed by atoms with Crippen LogP contribution in [0.3, 0.4) is 0 Å². The molecule has 0 unspecified atom stereocenters. The lowest BCUT2D eigenvalue weighted by atomic mass is 9.60. The molecule has 2 rings (SSSR count). The lowest BCUT2D eigenvalue weighted by Gasteiger charge is -2.47. The minimum absolute atomic E-state index is 0.0468. The summed E-state index contributed by atoms with van der Waals surface area (Å²) in [6.45, 7) is 6.66. The van der Waals surface area contributed by atoms with E-state index in [2.05, 4.69) is 22.5 Å². The molecule has 0 radical (unpaired) electrons. The zero-order valence-electron chi connectivity index (χ0n) is 15.3. The summed E-state index contributed by atoms with van der Waals surface area (Å²) in [5.74, 6) is 0.184. The Morgan fingerprint density at radius 1 is 1.36 bits per heavy atom. The smallest absolute Gasteiger partial charge is 0.228 e. The summed E-state index contributed by atoms with van der Waals surface area (Å²) in [4.78, 5) is 28.2. The average Bonchev–Trinajstić information content (AvgIpc) is 2.93. The van der Waals surface area contributed by atoms with E-state index in [1.807, 2.05) is 19.2 Å². The van der Waals surface area contributed by atoms with Crippen molar-refractivity contribution in [3.8, 4) is 0 Å². The van der Waals surface area contributed by atoms with Crippen LogP contribution in [-0.2, 0) is 16.0 Å². The molecular formula is C18H29N3O3S. The van der Waals surface area contributed by atoms with Crippen molar-refractivity contribution in [2.24, 2.45) is 17.3 Å². The molecule has 1 aliphatic carbocycles. The number of aromatic nitrogens is 1. The molecule has 0 spiro atoms. The highest BCUT2D eigenvalue weighted by Crippen LogP contribution is 2.47. The second-order valence-corrected chi connectivity index (χ2v) is 8.23. The van der Waals surface area contributed by atoms with Gasteiger partial charge >= 0.3 is 0 Å². The highest BCUT2D eigenvalue weighted by Gasteiger charge is 2.41. The molecule has 6 nitrogen and oxygen atoms in total. The monoisotopic (exact) mass is 367 g/mol. The topological polar surface area (TPSA) is 91.3 Å². The van der Waals surface area contributed by atoms with Crippen LogP contribution in [0.4, 0.5) is 5.13 Å². The highest BCUT2D eigenvalue weighted by molar-refractivity contribution is 7.13. The van der Waals surface area contributed by atoms with Gasteiger partial charge in [-0.05, 0) is 30.6 Å². The lowest BCUT2D eigenvalue weighted by Crippen LogP contribution is -2.46. The van der Waals surface area contributed by atoms with Crippen molar-refractivity contribution in [3.63, 3.8) is 0 Å². The van der Waals surface area contributed by atoms with Crippen molar-refractivity contribution in [3.05, 3.63) is 11.1 Å². The molecule has 0 aromatic carbocycles. The maximum atomic E-state index is 12.2. The average molecular weight is 368 g/mol. The summed E-state index contributed by atoms with van der Waals surface area (Å²) in [6.07, 6.45) is 4.41. The number of hydrogen-bond acceptors (Lipinski definition) is 5. The molecule has 0 bridgehead atoms. The summed E-state index contributed by atoms with van der Waals surface area (Å²) in [5, 5.41) is 17.3. The number of nitrogens with zero attached hydrogens (tertiary/aromatic N) is 1. The van der Waals surface area contributed by atoms with E-state index in [9.17, 15) is 9.59 Å². The maximum Gasteiger partial charge on any atom is 0.228 e. The Balaban J connectivity index is 1.82. The van der Waals surface area contributed by atoms with Gasteiger partial charge in [-0.1, -0.05) is 27.2 Å². The SMILES string of the molecule is CC(C)C(=O)Nc1nc(CC(=O)NCC2([C@H](C)CCO)CCC2)cs1. The summed E-state index contributed by atoms with van der Waals surface area (Å²) in [6, 6.07) is 0. The van der Waals surface area contributed by atoms with Crippen molar-refractivity contribution < 1.29 is 14.7 Å². The number of anilines is 1. The summed E-state index contributed by atoms with van der Waals surface area (Å²) >= 11 is 1.34. The molecule has 0 aliphatic heterocycles. The Hall–Kier alpha value is -1.47. The molecular weight excluding hydrogens is 338 g/mol. The maximum absolute atomic E-state index is 12.2. The van der Waals surface area contributed by atoms with Crippen molar-refractivity contribution in [1.82, 2.24) is 10.3 Å². The largest absolute Gasteiger partial charge is 0.396 e. The van der Waals surface area contributed by atoms with Crippen molar-refractivity contribution in [1.29, 1.82) is 0 Å². The van der Waals surface area contributed by atoms with Crippen molar-refractivity contribution in [2.45, 2.75) is 52.9 Å². The first-order valence-corrected chi connectivity index (χ1v) is 9.87. The normalized spacial score (nSPS) is 17.0. The molecule has 7 heteroatoms. The van der Waals surface area contributed by atoms with E-state index in [1.54, 1.807) is 0 Å². The molecule has 3 N–H and O–H groups in total. The van der Waals surface area contributed by atoms with Gasteiger partial charge in [0, 0.05) is 24.4 Å². The minimum atomic E-state index is -0.102. The Bertz CT molecular complexity index is 596. The zero-order chi connectivity index (χ0) is 18.4. The first kappa shape index (κ1) is 19.8. The number of aliphatic hydroxyl groups excluding tert-OH is 1. The molecule has 1 aromatic rings. The van der Waals surface area contributed by atoms with Crippen LogP contribution in [0.25, 0.3) is 0 Å². The molecule has 25 heavy (non-hydrogen) atoms. The Morgan fingerprint density at radius 3 is 2.64 bits per heavy atom. The van der Waals surface area contributed by atoms with Gasteiger partial charge in [0.1, 0.15) is 0 Å². The van der Waals surface area contributed by atoms with Crippen LogP contribution in [-0.4, -0.2) is 35.1 Å². The van der Waals surface area contributed by atoms with Crippen LogP contribution in [0.2, 0.25) is 0 Å². The molecule has 1 aliphatic rings. The number of carbonyl (C=O) groups is 2.